The molecule has 6 heteroatoms. The maximum atomic E-state index is 9.56. The summed E-state index contributed by atoms with van der Waals surface area (Å²) >= 11 is 0. The Morgan fingerprint density at radius 1 is 1.35 bits per heavy atom. The summed E-state index contributed by atoms with van der Waals surface area (Å²) < 4.78 is 5.52. The zero-order valence-electron chi connectivity index (χ0n) is 13.4. The van der Waals surface area contributed by atoms with Crippen molar-refractivity contribution in [1.82, 2.24) is 10.2 Å². The molecule has 3 rings (SSSR count). The van der Waals surface area contributed by atoms with Crippen LogP contribution >= 0.6 is 0 Å². The van der Waals surface area contributed by atoms with Gasteiger partial charge in [0.15, 0.2) is 0 Å². The Labute approximate surface area is 135 Å². The highest BCUT2D eigenvalue weighted by Crippen LogP contribution is 2.43. The standard InChI is InChI=1S/C17H19N5O/c1-4-13-15-14(10-5-7-11(8-6-10)22(2)3)12(9-18)16(19)23-17(15)21-20-13/h5-8,14H,4,19H2,1-3H3,(H,20,21)/t14-/m1/s1. The third kappa shape index (κ3) is 2.40. The van der Waals surface area contributed by atoms with Crippen LogP contribution in [-0.2, 0) is 6.42 Å². The first-order chi connectivity index (χ1) is 11.1. The van der Waals surface area contributed by atoms with Crippen LogP contribution in [0.5, 0.6) is 5.88 Å². The first kappa shape index (κ1) is 15.0. The lowest BCUT2D eigenvalue weighted by molar-refractivity contribution is 0.378. The average Bonchev–Trinajstić information content (AvgIpc) is 2.96. The van der Waals surface area contributed by atoms with Crippen LogP contribution in [0.15, 0.2) is 35.7 Å². The van der Waals surface area contributed by atoms with E-state index in [0.29, 0.717) is 11.5 Å². The van der Waals surface area contributed by atoms with E-state index < -0.39 is 0 Å². The zero-order chi connectivity index (χ0) is 16.6. The van der Waals surface area contributed by atoms with Gasteiger partial charge in [-0.2, -0.15) is 5.26 Å². The van der Waals surface area contributed by atoms with Gasteiger partial charge >= 0.3 is 0 Å². The van der Waals surface area contributed by atoms with E-state index in [9.17, 15) is 5.26 Å². The lowest BCUT2D eigenvalue weighted by Gasteiger charge is -2.24. The van der Waals surface area contributed by atoms with Crippen molar-refractivity contribution >= 4 is 5.69 Å². The van der Waals surface area contributed by atoms with E-state index >= 15 is 0 Å². The Bertz CT molecular complexity index is 795. The van der Waals surface area contributed by atoms with Crippen molar-refractivity contribution in [2.24, 2.45) is 5.73 Å². The Hall–Kier alpha value is -2.94. The van der Waals surface area contributed by atoms with Gasteiger partial charge in [0.2, 0.25) is 11.8 Å². The summed E-state index contributed by atoms with van der Waals surface area (Å²) in [4.78, 5) is 2.03. The number of ether oxygens (including phenoxy) is 1. The molecular weight excluding hydrogens is 290 g/mol. The van der Waals surface area contributed by atoms with Gasteiger partial charge in [-0.1, -0.05) is 19.1 Å². The first-order valence-electron chi connectivity index (χ1n) is 7.48. The Morgan fingerprint density at radius 2 is 2.04 bits per heavy atom. The van der Waals surface area contributed by atoms with Crippen LogP contribution in [0.3, 0.4) is 0 Å². The number of anilines is 1. The van der Waals surface area contributed by atoms with Gasteiger partial charge < -0.3 is 15.4 Å². The van der Waals surface area contributed by atoms with Crippen molar-refractivity contribution < 1.29 is 4.74 Å². The zero-order valence-corrected chi connectivity index (χ0v) is 13.4. The third-order valence-corrected chi connectivity index (χ3v) is 4.11. The second kappa shape index (κ2) is 5.69. The molecule has 0 fully saturated rings. The molecule has 0 bridgehead atoms. The number of rotatable bonds is 3. The molecule has 2 aromatic rings. The fourth-order valence-corrected chi connectivity index (χ4v) is 2.88. The summed E-state index contributed by atoms with van der Waals surface area (Å²) in [6.07, 6.45) is 0.774. The minimum Gasteiger partial charge on any atom is -0.420 e. The summed E-state index contributed by atoms with van der Waals surface area (Å²) in [6.45, 7) is 2.04. The van der Waals surface area contributed by atoms with E-state index in [1.54, 1.807) is 0 Å². The maximum Gasteiger partial charge on any atom is 0.244 e. The number of nitriles is 1. The minimum absolute atomic E-state index is 0.121. The Kier molecular flexibility index (Phi) is 3.70. The molecule has 1 aliphatic rings. The number of hydrogen-bond donors (Lipinski definition) is 2. The van der Waals surface area contributed by atoms with Crippen LogP contribution in [0.4, 0.5) is 5.69 Å². The largest absolute Gasteiger partial charge is 0.420 e. The van der Waals surface area contributed by atoms with E-state index in [4.69, 9.17) is 10.5 Å². The highest BCUT2D eigenvalue weighted by Gasteiger charge is 2.34. The molecule has 1 aromatic carbocycles. The van der Waals surface area contributed by atoms with Gasteiger partial charge in [-0.15, -0.1) is 5.10 Å². The molecule has 1 aliphatic heterocycles. The summed E-state index contributed by atoms with van der Waals surface area (Å²) in [5.74, 6) is 0.324. The van der Waals surface area contributed by atoms with Crippen molar-refractivity contribution in [2.45, 2.75) is 19.3 Å². The second-order valence-electron chi connectivity index (χ2n) is 5.69. The lowest BCUT2D eigenvalue weighted by Crippen LogP contribution is -2.21. The summed E-state index contributed by atoms with van der Waals surface area (Å²) in [5.41, 5.74) is 10.3. The normalized spacial score (nSPS) is 16.5. The number of aromatic nitrogens is 2. The summed E-state index contributed by atoms with van der Waals surface area (Å²) in [5, 5.41) is 16.7. The van der Waals surface area contributed by atoms with Crippen molar-refractivity contribution in [3.63, 3.8) is 0 Å². The van der Waals surface area contributed by atoms with Gasteiger partial charge in [-0.05, 0) is 24.1 Å². The monoisotopic (exact) mass is 309 g/mol. The van der Waals surface area contributed by atoms with Gasteiger partial charge in [0.05, 0.1) is 5.92 Å². The summed E-state index contributed by atoms with van der Waals surface area (Å²) in [7, 11) is 3.98. The highest BCUT2D eigenvalue weighted by molar-refractivity contribution is 5.57. The molecule has 1 atom stereocenters. The van der Waals surface area contributed by atoms with Crippen LogP contribution in [0.25, 0.3) is 0 Å². The number of benzene rings is 1. The van der Waals surface area contributed by atoms with E-state index in [-0.39, 0.29) is 11.8 Å². The predicted molar refractivity (Wildman–Crippen MR) is 88.0 cm³/mol. The Morgan fingerprint density at radius 3 is 2.61 bits per heavy atom. The van der Waals surface area contributed by atoms with E-state index in [1.165, 1.54) is 0 Å². The quantitative estimate of drug-likeness (QED) is 0.907. The highest BCUT2D eigenvalue weighted by atomic mass is 16.5. The molecule has 0 saturated heterocycles. The molecular formula is C17H19N5O. The number of fused-ring (bicyclic) bond motifs is 1. The van der Waals surface area contributed by atoms with Gasteiger partial charge in [-0.3, -0.25) is 5.10 Å². The fraction of sp³-hybridized carbons (Fsp3) is 0.294. The fourth-order valence-electron chi connectivity index (χ4n) is 2.88. The minimum atomic E-state index is -0.256. The number of aryl methyl sites for hydroxylation is 1. The van der Waals surface area contributed by atoms with Gasteiger partial charge in [0, 0.05) is 31.0 Å². The molecule has 0 aliphatic carbocycles. The average molecular weight is 309 g/mol. The van der Waals surface area contributed by atoms with Crippen molar-refractivity contribution in [3.8, 4) is 11.9 Å². The van der Waals surface area contributed by atoms with Gasteiger partial charge in [0.25, 0.3) is 0 Å². The van der Waals surface area contributed by atoms with Crippen LogP contribution in [-0.4, -0.2) is 24.3 Å². The van der Waals surface area contributed by atoms with E-state index in [0.717, 1.165) is 28.9 Å². The molecule has 1 aromatic heterocycles. The molecule has 2 heterocycles. The number of aromatic amines is 1. The SMILES string of the molecule is CCc1[nH]nc2c1[C@H](c1ccc(N(C)C)cc1)C(C#N)=C(N)O2. The van der Waals surface area contributed by atoms with Crippen LogP contribution < -0.4 is 15.4 Å². The number of nitrogens with zero attached hydrogens (tertiary/aromatic N) is 3. The molecule has 23 heavy (non-hydrogen) atoms. The molecule has 118 valence electrons. The number of H-pyrrole nitrogens is 1. The number of hydrogen-bond acceptors (Lipinski definition) is 5. The number of nitrogens with one attached hydrogen (secondary N) is 1. The molecule has 0 saturated carbocycles. The topological polar surface area (TPSA) is 91.0 Å². The number of allylic oxidation sites excluding steroid dienone is 1. The third-order valence-electron chi connectivity index (χ3n) is 4.11. The molecule has 0 unspecified atom stereocenters. The van der Waals surface area contributed by atoms with Crippen LogP contribution in [0, 0.1) is 11.3 Å². The number of nitrogens with two attached hydrogens (primary N) is 1. The summed E-state index contributed by atoms with van der Waals surface area (Å²) in [6, 6.07) is 10.3. The van der Waals surface area contributed by atoms with E-state index in [2.05, 4.69) is 16.3 Å². The molecule has 6 nitrogen and oxygen atoms in total. The second-order valence-corrected chi connectivity index (χ2v) is 5.69. The molecule has 0 amide bonds. The van der Waals surface area contributed by atoms with Gasteiger partial charge in [0.1, 0.15) is 11.6 Å². The van der Waals surface area contributed by atoms with Crippen LogP contribution in [0.1, 0.15) is 29.7 Å². The maximum absolute atomic E-state index is 9.56. The Balaban J connectivity index is 2.15. The predicted octanol–water partition coefficient (Wildman–Crippen LogP) is 2.26. The molecule has 0 spiro atoms. The van der Waals surface area contributed by atoms with E-state index in [1.807, 2.05) is 50.2 Å². The molecule has 0 radical (unpaired) electrons. The lowest BCUT2D eigenvalue weighted by atomic mass is 9.83. The molecule has 3 N–H and O–H groups in total. The van der Waals surface area contributed by atoms with Crippen LogP contribution in [0.2, 0.25) is 0 Å². The smallest absolute Gasteiger partial charge is 0.244 e. The van der Waals surface area contributed by atoms with Gasteiger partial charge in [-0.25, -0.2) is 0 Å². The first-order valence-corrected chi connectivity index (χ1v) is 7.48. The van der Waals surface area contributed by atoms with Crippen molar-refractivity contribution in [3.05, 3.63) is 52.5 Å². The van der Waals surface area contributed by atoms with Crippen molar-refractivity contribution in [2.75, 3.05) is 19.0 Å². The van der Waals surface area contributed by atoms with Crippen molar-refractivity contribution in [1.29, 1.82) is 5.26 Å².